The van der Waals surface area contributed by atoms with Gasteiger partial charge in [-0.1, -0.05) is 38.1 Å². The second-order valence-electron chi connectivity index (χ2n) is 5.02. The van der Waals surface area contributed by atoms with Crippen LogP contribution in [0.25, 0.3) is 11.1 Å². The van der Waals surface area contributed by atoms with Gasteiger partial charge in [-0.3, -0.25) is 4.79 Å². The Morgan fingerprint density at radius 3 is 2.21 bits per heavy atom. The second-order valence-corrected chi connectivity index (χ2v) is 5.02. The van der Waals surface area contributed by atoms with Crippen LogP contribution in [0.1, 0.15) is 42.6 Å². The fourth-order valence-corrected chi connectivity index (χ4v) is 2.11. The highest BCUT2D eigenvalue weighted by molar-refractivity contribution is 6.00. The molecule has 0 radical (unpaired) electrons. The zero-order valence-corrected chi connectivity index (χ0v) is 11.4. The molecule has 0 fully saturated rings. The first-order valence-corrected chi connectivity index (χ1v) is 6.40. The van der Waals surface area contributed by atoms with E-state index in [-0.39, 0.29) is 11.6 Å². The highest BCUT2D eigenvalue weighted by Gasteiger charge is 2.10. The van der Waals surface area contributed by atoms with Crippen molar-refractivity contribution in [3.05, 3.63) is 59.4 Å². The number of carbonyl (C=O) groups is 1. The molecule has 0 saturated heterocycles. The van der Waals surface area contributed by atoms with Crippen LogP contribution < -0.4 is 0 Å². The number of benzene rings is 2. The maximum absolute atomic E-state index is 13.4. The lowest BCUT2D eigenvalue weighted by atomic mass is 9.94. The van der Waals surface area contributed by atoms with Crippen LogP contribution in [-0.2, 0) is 0 Å². The van der Waals surface area contributed by atoms with Crippen LogP contribution in [0.4, 0.5) is 4.39 Å². The molecule has 0 amide bonds. The average molecular weight is 256 g/mol. The highest BCUT2D eigenvalue weighted by atomic mass is 19.1. The topological polar surface area (TPSA) is 17.1 Å². The number of Topliss-reactive ketones (excluding diaryl/α,β-unsaturated/α-hetero) is 1. The summed E-state index contributed by atoms with van der Waals surface area (Å²) in [6.07, 6.45) is 0. The van der Waals surface area contributed by atoms with Gasteiger partial charge in [0.2, 0.25) is 0 Å². The quantitative estimate of drug-likeness (QED) is 0.720. The van der Waals surface area contributed by atoms with Gasteiger partial charge in [-0.05, 0) is 47.7 Å². The summed E-state index contributed by atoms with van der Waals surface area (Å²) < 4.78 is 13.4. The van der Waals surface area contributed by atoms with Crippen molar-refractivity contribution in [1.29, 1.82) is 0 Å². The van der Waals surface area contributed by atoms with Gasteiger partial charge in [0, 0.05) is 5.56 Å². The smallest absolute Gasteiger partial charge is 0.160 e. The summed E-state index contributed by atoms with van der Waals surface area (Å²) in [5, 5.41) is 0. The van der Waals surface area contributed by atoms with Crippen LogP contribution in [0.2, 0.25) is 0 Å². The Labute approximate surface area is 113 Å². The third-order valence-electron chi connectivity index (χ3n) is 3.25. The van der Waals surface area contributed by atoms with Crippen molar-refractivity contribution in [2.75, 3.05) is 0 Å². The van der Waals surface area contributed by atoms with E-state index in [0.717, 1.165) is 5.56 Å². The third-order valence-corrected chi connectivity index (χ3v) is 3.25. The van der Waals surface area contributed by atoms with E-state index >= 15 is 0 Å². The summed E-state index contributed by atoms with van der Waals surface area (Å²) in [7, 11) is 0. The molecule has 2 rings (SSSR count). The molecule has 0 aliphatic heterocycles. The van der Waals surface area contributed by atoms with E-state index in [4.69, 9.17) is 0 Å². The van der Waals surface area contributed by atoms with Gasteiger partial charge >= 0.3 is 0 Å². The van der Waals surface area contributed by atoms with Gasteiger partial charge in [0.1, 0.15) is 5.82 Å². The minimum atomic E-state index is -0.326. The van der Waals surface area contributed by atoms with Crippen LogP contribution >= 0.6 is 0 Å². The molecule has 0 aliphatic rings. The third kappa shape index (κ3) is 2.90. The summed E-state index contributed by atoms with van der Waals surface area (Å²) in [6, 6.07) is 12.2. The molecule has 0 aliphatic carbocycles. The fourth-order valence-electron chi connectivity index (χ4n) is 2.11. The molecule has 0 bridgehead atoms. The van der Waals surface area contributed by atoms with E-state index < -0.39 is 0 Å². The molecule has 0 unspecified atom stereocenters. The molecule has 1 nitrogen and oxygen atoms in total. The minimum absolute atomic E-state index is 0.0528. The zero-order valence-electron chi connectivity index (χ0n) is 11.4. The first kappa shape index (κ1) is 13.5. The molecule has 0 aromatic heterocycles. The highest BCUT2D eigenvalue weighted by Crippen LogP contribution is 2.27. The molecule has 98 valence electrons. The Morgan fingerprint density at radius 1 is 1.05 bits per heavy atom. The number of ketones is 1. The predicted molar refractivity (Wildman–Crippen MR) is 75.9 cm³/mol. The lowest BCUT2D eigenvalue weighted by molar-refractivity contribution is 0.101. The van der Waals surface area contributed by atoms with Crippen molar-refractivity contribution in [3.8, 4) is 11.1 Å². The molecular formula is C17H17FO. The zero-order chi connectivity index (χ0) is 14.0. The van der Waals surface area contributed by atoms with E-state index in [0.29, 0.717) is 17.0 Å². The fraction of sp³-hybridized carbons (Fsp3) is 0.235. The van der Waals surface area contributed by atoms with Gasteiger partial charge in [-0.25, -0.2) is 4.39 Å². The standard InChI is InChI=1S/C17H17FO/c1-11(2)13-4-6-14(7-5-13)17-10-15(18)8-9-16(17)12(3)19/h4-11H,1-3H3. The number of carbonyl (C=O) groups excluding carboxylic acids is 1. The van der Waals surface area contributed by atoms with Gasteiger partial charge in [0.15, 0.2) is 5.78 Å². The van der Waals surface area contributed by atoms with Crippen LogP contribution in [0.15, 0.2) is 42.5 Å². The molecule has 0 heterocycles. The Morgan fingerprint density at radius 2 is 1.68 bits per heavy atom. The van der Waals surface area contributed by atoms with Gasteiger partial charge in [0.05, 0.1) is 0 Å². The van der Waals surface area contributed by atoms with Crippen LogP contribution in [0.3, 0.4) is 0 Å². The normalized spacial score (nSPS) is 10.8. The van der Waals surface area contributed by atoms with Gasteiger partial charge in [0.25, 0.3) is 0 Å². The van der Waals surface area contributed by atoms with Gasteiger partial charge in [-0.2, -0.15) is 0 Å². The minimum Gasteiger partial charge on any atom is -0.294 e. The molecule has 0 spiro atoms. The maximum atomic E-state index is 13.4. The Balaban J connectivity index is 2.51. The first-order chi connectivity index (χ1) is 8.99. The SMILES string of the molecule is CC(=O)c1ccc(F)cc1-c1ccc(C(C)C)cc1. The number of hydrogen-bond donors (Lipinski definition) is 0. The summed E-state index contributed by atoms with van der Waals surface area (Å²) >= 11 is 0. The van der Waals surface area contributed by atoms with E-state index in [1.165, 1.54) is 24.6 Å². The molecule has 0 atom stereocenters. The van der Waals surface area contributed by atoms with Crippen LogP contribution in [0.5, 0.6) is 0 Å². The van der Waals surface area contributed by atoms with E-state index in [1.54, 1.807) is 6.07 Å². The van der Waals surface area contributed by atoms with Gasteiger partial charge in [-0.15, -0.1) is 0 Å². The van der Waals surface area contributed by atoms with Crippen molar-refractivity contribution in [2.24, 2.45) is 0 Å². The number of hydrogen-bond acceptors (Lipinski definition) is 1. The van der Waals surface area contributed by atoms with E-state index in [1.807, 2.05) is 24.3 Å². The molecule has 0 saturated carbocycles. The molecule has 0 N–H and O–H groups in total. The summed E-state index contributed by atoms with van der Waals surface area (Å²) in [4.78, 5) is 11.6. The average Bonchev–Trinajstić information content (AvgIpc) is 2.38. The van der Waals surface area contributed by atoms with Crippen LogP contribution in [0, 0.1) is 5.82 Å². The lowest BCUT2D eigenvalue weighted by Crippen LogP contribution is -1.97. The molecule has 19 heavy (non-hydrogen) atoms. The molecular weight excluding hydrogens is 239 g/mol. The molecule has 2 heteroatoms. The second kappa shape index (κ2) is 5.35. The van der Waals surface area contributed by atoms with Crippen molar-refractivity contribution >= 4 is 5.78 Å². The van der Waals surface area contributed by atoms with Crippen molar-refractivity contribution < 1.29 is 9.18 Å². The lowest BCUT2D eigenvalue weighted by Gasteiger charge is -2.10. The van der Waals surface area contributed by atoms with Crippen LogP contribution in [-0.4, -0.2) is 5.78 Å². The summed E-state index contributed by atoms with van der Waals surface area (Å²) in [6.45, 7) is 5.75. The van der Waals surface area contributed by atoms with E-state index in [2.05, 4.69) is 13.8 Å². The van der Waals surface area contributed by atoms with E-state index in [9.17, 15) is 9.18 Å². The molecule has 2 aromatic rings. The summed E-state index contributed by atoms with van der Waals surface area (Å²) in [5.41, 5.74) is 3.31. The number of halogens is 1. The first-order valence-electron chi connectivity index (χ1n) is 6.40. The molecule has 2 aromatic carbocycles. The monoisotopic (exact) mass is 256 g/mol. The largest absolute Gasteiger partial charge is 0.294 e. The Kier molecular flexibility index (Phi) is 3.79. The maximum Gasteiger partial charge on any atom is 0.160 e. The van der Waals surface area contributed by atoms with Crippen molar-refractivity contribution in [1.82, 2.24) is 0 Å². The van der Waals surface area contributed by atoms with Crippen molar-refractivity contribution in [3.63, 3.8) is 0 Å². The van der Waals surface area contributed by atoms with Crippen molar-refractivity contribution in [2.45, 2.75) is 26.7 Å². The number of rotatable bonds is 3. The Bertz CT molecular complexity index is 597. The Hall–Kier alpha value is -1.96. The summed E-state index contributed by atoms with van der Waals surface area (Å²) in [5.74, 6) is 0.0738. The van der Waals surface area contributed by atoms with Gasteiger partial charge < -0.3 is 0 Å². The predicted octanol–water partition coefficient (Wildman–Crippen LogP) is 4.82.